The van der Waals surface area contributed by atoms with Crippen molar-refractivity contribution in [1.29, 1.82) is 0 Å². The van der Waals surface area contributed by atoms with Gasteiger partial charge in [-0.25, -0.2) is 0 Å². The summed E-state index contributed by atoms with van der Waals surface area (Å²) < 4.78 is 4.98. The van der Waals surface area contributed by atoms with Crippen LogP contribution in [-0.2, 0) is 9.12 Å². The zero-order chi connectivity index (χ0) is 11.9. The van der Waals surface area contributed by atoms with Gasteiger partial charge in [0.25, 0.3) is 0 Å². The number of carbonyl (C=O) groups excluding carboxylic acids is 1. The van der Waals surface area contributed by atoms with Crippen molar-refractivity contribution in [3.05, 3.63) is 59.7 Å². The first kappa shape index (κ1) is 10.5. The molecule has 3 rings (SSSR count). The van der Waals surface area contributed by atoms with Crippen molar-refractivity contribution in [2.45, 2.75) is 4.32 Å². The first-order valence-corrected chi connectivity index (χ1v) is 6.07. The highest BCUT2D eigenvalue weighted by molar-refractivity contribution is 9.10. The molecule has 1 aliphatic rings. The molecule has 0 fully saturated rings. The molecule has 0 aromatic heterocycles. The van der Waals surface area contributed by atoms with Gasteiger partial charge in [0.15, 0.2) is 0 Å². The highest BCUT2D eigenvalue weighted by atomic mass is 79.9. The minimum Gasteiger partial charge on any atom is -0.457 e. The van der Waals surface area contributed by atoms with Crippen LogP contribution in [0.4, 0.5) is 0 Å². The number of alkyl halides is 1. The van der Waals surface area contributed by atoms with Crippen LogP contribution >= 0.6 is 15.9 Å². The summed E-state index contributed by atoms with van der Waals surface area (Å²) in [5.74, 6) is 1.44. The van der Waals surface area contributed by atoms with Gasteiger partial charge in [0.05, 0.1) is 0 Å². The van der Waals surface area contributed by atoms with Crippen molar-refractivity contribution in [2.24, 2.45) is 0 Å². The Balaban J connectivity index is 2.32. The van der Waals surface area contributed by atoms with Crippen molar-refractivity contribution >= 4 is 22.2 Å². The van der Waals surface area contributed by atoms with E-state index in [0.717, 1.165) is 28.9 Å². The van der Waals surface area contributed by atoms with E-state index in [1.807, 2.05) is 48.5 Å². The van der Waals surface area contributed by atoms with Crippen molar-refractivity contribution in [3.63, 3.8) is 0 Å². The lowest BCUT2D eigenvalue weighted by Gasteiger charge is -2.31. The van der Waals surface area contributed by atoms with Crippen LogP contribution in [0.15, 0.2) is 48.5 Å². The Morgan fingerprint density at radius 2 is 1.41 bits per heavy atom. The molecule has 0 radical (unpaired) electrons. The first-order valence-electron chi connectivity index (χ1n) is 5.28. The van der Waals surface area contributed by atoms with Crippen molar-refractivity contribution < 1.29 is 9.53 Å². The van der Waals surface area contributed by atoms with E-state index in [1.54, 1.807) is 0 Å². The average molecular weight is 289 g/mol. The molecule has 0 aliphatic carbocycles. The van der Waals surface area contributed by atoms with E-state index in [-0.39, 0.29) is 0 Å². The summed E-state index contributed by atoms with van der Waals surface area (Å²) in [6.07, 6.45) is 0.910. The third-order valence-corrected chi connectivity index (χ3v) is 3.98. The van der Waals surface area contributed by atoms with E-state index >= 15 is 0 Å². The zero-order valence-electron chi connectivity index (χ0n) is 8.89. The van der Waals surface area contributed by atoms with Crippen molar-refractivity contribution in [3.8, 4) is 11.5 Å². The lowest BCUT2D eigenvalue weighted by molar-refractivity contribution is -0.109. The second-order valence-corrected chi connectivity index (χ2v) is 5.17. The molecule has 2 nitrogen and oxygen atoms in total. The van der Waals surface area contributed by atoms with Gasteiger partial charge in [-0.3, -0.25) is 0 Å². The Labute approximate surface area is 107 Å². The summed E-state index contributed by atoms with van der Waals surface area (Å²) >= 11 is 3.54. The number of hydrogen-bond donors (Lipinski definition) is 0. The Bertz CT molecular complexity index is 547. The summed E-state index contributed by atoms with van der Waals surface area (Å²) in [5.41, 5.74) is 1.68. The third-order valence-electron chi connectivity index (χ3n) is 2.94. The molecule has 1 aliphatic heterocycles. The summed E-state index contributed by atoms with van der Waals surface area (Å²) in [6.45, 7) is 0. The Morgan fingerprint density at radius 3 is 1.88 bits per heavy atom. The molecule has 0 amide bonds. The maximum absolute atomic E-state index is 11.5. The highest BCUT2D eigenvalue weighted by Crippen LogP contribution is 2.50. The van der Waals surface area contributed by atoms with Gasteiger partial charge in [-0.15, -0.1) is 0 Å². The molecule has 2 aromatic rings. The fraction of sp³-hybridized carbons (Fsp3) is 0.0714. The predicted octanol–water partition coefficient (Wildman–Crippen LogP) is 3.63. The monoisotopic (exact) mass is 288 g/mol. The standard InChI is InChI=1S/C14H9BrO2/c15-14(9-16)10-5-1-3-7-12(10)17-13-8-4-2-6-11(13)14/h1-9H. The van der Waals surface area contributed by atoms with E-state index in [1.165, 1.54) is 0 Å². The van der Waals surface area contributed by atoms with Gasteiger partial charge in [-0.2, -0.15) is 0 Å². The molecule has 17 heavy (non-hydrogen) atoms. The van der Waals surface area contributed by atoms with E-state index < -0.39 is 4.32 Å². The number of benzene rings is 2. The molecular weight excluding hydrogens is 280 g/mol. The number of halogens is 1. The lowest BCUT2D eigenvalue weighted by Crippen LogP contribution is -2.26. The summed E-state index contributed by atoms with van der Waals surface area (Å²) in [4.78, 5) is 11.5. The van der Waals surface area contributed by atoms with Gasteiger partial charge < -0.3 is 9.53 Å². The topological polar surface area (TPSA) is 26.3 Å². The zero-order valence-corrected chi connectivity index (χ0v) is 10.5. The van der Waals surface area contributed by atoms with Crippen LogP contribution < -0.4 is 4.74 Å². The Kier molecular flexibility index (Phi) is 2.30. The molecule has 3 heteroatoms. The number of ether oxygens (including phenoxy) is 1. The van der Waals surface area contributed by atoms with Crippen molar-refractivity contribution in [2.75, 3.05) is 0 Å². The number of rotatable bonds is 1. The fourth-order valence-corrected chi connectivity index (χ4v) is 2.76. The van der Waals surface area contributed by atoms with Crippen LogP contribution in [0.5, 0.6) is 11.5 Å². The quantitative estimate of drug-likeness (QED) is 0.592. The lowest BCUT2D eigenvalue weighted by atomic mass is 9.89. The number of carbonyl (C=O) groups is 1. The van der Waals surface area contributed by atoms with Crippen LogP contribution in [0.25, 0.3) is 0 Å². The average Bonchev–Trinajstić information content (AvgIpc) is 2.39. The molecule has 0 saturated heterocycles. The molecular formula is C14H9BrO2. The fourth-order valence-electron chi connectivity index (χ4n) is 2.10. The normalized spacial score (nSPS) is 15.4. The van der Waals surface area contributed by atoms with Crippen LogP contribution in [0, 0.1) is 0 Å². The predicted molar refractivity (Wildman–Crippen MR) is 68.7 cm³/mol. The maximum atomic E-state index is 11.5. The highest BCUT2D eigenvalue weighted by Gasteiger charge is 2.39. The molecule has 2 aromatic carbocycles. The van der Waals surface area contributed by atoms with Gasteiger partial charge in [-0.05, 0) is 12.1 Å². The third kappa shape index (κ3) is 1.42. The van der Waals surface area contributed by atoms with Gasteiger partial charge >= 0.3 is 0 Å². The van der Waals surface area contributed by atoms with E-state index in [0.29, 0.717) is 0 Å². The van der Waals surface area contributed by atoms with Crippen LogP contribution in [0.3, 0.4) is 0 Å². The van der Waals surface area contributed by atoms with E-state index in [4.69, 9.17) is 4.74 Å². The summed E-state index contributed by atoms with van der Waals surface area (Å²) in [6, 6.07) is 15.1. The van der Waals surface area contributed by atoms with Gasteiger partial charge in [-0.1, -0.05) is 52.3 Å². The number of fused-ring (bicyclic) bond motifs is 2. The molecule has 0 atom stereocenters. The minimum atomic E-state index is -0.807. The number of hydrogen-bond acceptors (Lipinski definition) is 2. The molecule has 84 valence electrons. The summed E-state index contributed by atoms with van der Waals surface area (Å²) in [5, 5.41) is 0. The van der Waals surface area contributed by atoms with Crippen LogP contribution in [0.1, 0.15) is 11.1 Å². The van der Waals surface area contributed by atoms with Gasteiger partial charge in [0.1, 0.15) is 22.1 Å². The van der Waals surface area contributed by atoms with Crippen molar-refractivity contribution in [1.82, 2.24) is 0 Å². The van der Waals surface area contributed by atoms with E-state index in [9.17, 15) is 4.79 Å². The largest absolute Gasteiger partial charge is 0.457 e. The second kappa shape index (κ2) is 3.70. The van der Waals surface area contributed by atoms with Gasteiger partial charge in [0, 0.05) is 11.1 Å². The molecule has 0 bridgehead atoms. The molecule has 0 saturated carbocycles. The maximum Gasteiger partial charge on any atom is 0.145 e. The van der Waals surface area contributed by atoms with Crippen LogP contribution in [-0.4, -0.2) is 6.29 Å². The van der Waals surface area contributed by atoms with Crippen LogP contribution in [0.2, 0.25) is 0 Å². The molecule has 0 N–H and O–H groups in total. The first-order chi connectivity index (χ1) is 8.25. The summed E-state index contributed by atoms with van der Waals surface area (Å²) in [7, 11) is 0. The minimum absolute atomic E-state index is 0.718. The van der Waals surface area contributed by atoms with E-state index in [2.05, 4.69) is 15.9 Å². The van der Waals surface area contributed by atoms with Gasteiger partial charge in [0.2, 0.25) is 0 Å². The SMILES string of the molecule is O=CC1(Br)c2ccccc2Oc2ccccc21. The Morgan fingerprint density at radius 1 is 0.941 bits per heavy atom. The molecule has 1 heterocycles. The second-order valence-electron chi connectivity index (χ2n) is 3.92. The molecule has 0 spiro atoms. The smallest absolute Gasteiger partial charge is 0.145 e. The Hall–Kier alpha value is -1.61. The number of aldehydes is 1. The number of para-hydroxylation sites is 2. The molecule has 0 unspecified atom stereocenters.